The van der Waals surface area contributed by atoms with E-state index in [4.69, 9.17) is 24.7 Å². The second-order valence-corrected chi connectivity index (χ2v) is 6.68. The number of anilines is 1. The number of carbonyl (C=O) groups excluding carboxylic acids is 3. The molecule has 2 N–H and O–H groups in total. The number of hydrogen-bond acceptors (Lipinski definition) is 11. The quantitative estimate of drug-likeness (QED) is 0.464. The highest BCUT2D eigenvalue weighted by molar-refractivity contribution is 5.81. The minimum atomic E-state index is -1.12. The Bertz CT molecular complexity index is 1060. The van der Waals surface area contributed by atoms with Gasteiger partial charge in [-0.2, -0.15) is 4.98 Å². The number of nitrogens with zero attached hydrogens (tertiary/aromatic N) is 4. The van der Waals surface area contributed by atoms with E-state index in [9.17, 15) is 19.2 Å². The molecular formula is C17H21N5O8. The summed E-state index contributed by atoms with van der Waals surface area (Å²) in [6.07, 6.45) is -2.86. The van der Waals surface area contributed by atoms with Gasteiger partial charge in [0.1, 0.15) is 23.9 Å². The van der Waals surface area contributed by atoms with Crippen molar-refractivity contribution in [3.05, 3.63) is 16.8 Å². The molecule has 162 valence electrons. The highest BCUT2D eigenvalue weighted by Crippen LogP contribution is 2.36. The van der Waals surface area contributed by atoms with Gasteiger partial charge in [0, 0.05) is 27.8 Å². The highest BCUT2D eigenvalue weighted by Gasteiger charge is 2.51. The van der Waals surface area contributed by atoms with Gasteiger partial charge in [-0.05, 0) is 0 Å². The molecule has 1 saturated heterocycles. The summed E-state index contributed by atoms with van der Waals surface area (Å²) < 4.78 is 24.3. The van der Waals surface area contributed by atoms with Crippen LogP contribution in [0.15, 0.2) is 11.1 Å². The van der Waals surface area contributed by atoms with Gasteiger partial charge in [0.05, 0.1) is 6.33 Å². The molecule has 0 radical (unpaired) electrons. The first kappa shape index (κ1) is 21.2. The first-order valence-electron chi connectivity index (χ1n) is 8.92. The van der Waals surface area contributed by atoms with Crippen LogP contribution < -0.4 is 11.4 Å². The lowest BCUT2D eigenvalue weighted by Gasteiger charge is -2.24. The summed E-state index contributed by atoms with van der Waals surface area (Å²) in [5.74, 6) is -1.95. The lowest BCUT2D eigenvalue weighted by Crippen LogP contribution is -2.40. The van der Waals surface area contributed by atoms with E-state index in [1.807, 2.05) is 0 Å². The Balaban J connectivity index is 2.10. The Kier molecular flexibility index (Phi) is 5.73. The number of carbonyl (C=O) groups is 3. The number of hydrogen-bond donors (Lipinski definition) is 1. The molecule has 30 heavy (non-hydrogen) atoms. The van der Waals surface area contributed by atoms with E-state index in [0.29, 0.717) is 0 Å². The topological polar surface area (TPSA) is 167 Å². The van der Waals surface area contributed by atoms with E-state index < -0.39 is 48.1 Å². The maximum absolute atomic E-state index is 12.1. The fourth-order valence-electron chi connectivity index (χ4n) is 3.29. The number of rotatable bonds is 5. The predicted molar refractivity (Wildman–Crippen MR) is 98.8 cm³/mol. The number of aryl methyl sites for hydroxylation is 1. The van der Waals surface area contributed by atoms with Crippen LogP contribution in [0.2, 0.25) is 0 Å². The summed E-state index contributed by atoms with van der Waals surface area (Å²) in [4.78, 5) is 54.6. The van der Waals surface area contributed by atoms with E-state index in [-0.39, 0.29) is 23.6 Å². The van der Waals surface area contributed by atoms with Crippen LogP contribution in [0.25, 0.3) is 11.2 Å². The third-order valence-electron chi connectivity index (χ3n) is 4.45. The molecule has 13 heteroatoms. The van der Waals surface area contributed by atoms with Gasteiger partial charge in [0.25, 0.3) is 0 Å². The van der Waals surface area contributed by atoms with Crippen LogP contribution in [0.1, 0.15) is 27.0 Å². The third-order valence-corrected chi connectivity index (χ3v) is 4.45. The van der Waals surface area contributed by atoms with Gasteiger partial charge in [-0.15, -0.1) is 0 Å². The van der Waals surface area contributed by atoms with Crippen molar-refractivity contribution in [3.63, 3.8) is 0 Å². The predicted octanol–water partition coefficient (Wildman–Crippen LogP) is -0.964. The molecule has 0 spiro atoms. The van der Waals surface area contributed by atoms with Gasteiger partial charge in [0.15, 0.2) is 24.3 Å². The molecule has 0 saturated carbocycles. The summed E-state index contributed by atoms with van der Waals surface area (Å²) in [5, 5.41) is 0. The number of ether oxygens (including phenoxy) is 4. The van der Waals surface area contributed by atoms with Crippen molar-refractivity contribution in [3.8, 4) is 0 Å². The first-order valence-corrected chi connectivity index (χ1v) is 8.92. The summed E-state index contributed by atoms with van der Waals surface area (Å²) in [6, 6.07) is 0. The molecule has 1 aliphatic heterocycles. The van der Waals surface area contributed by atoms with Crippen molar-refractivity contribution in [1.82, 2.24) is 19.1 Å². The Labute approximate surface area is 169 Å². The molecule has 3 heterocycles. The smallest absolute Gasteiger partial charge is 0.350 e. The summed E-state index contributed by atoms with van der Waals surface area (Å²) in [6.45, 7) is 3.33. The molecule has 0 amide bonds. The summed E-state index contributed by atoms with van der Waals surface area (Å²) in [5.41, 5.74) is 5.66. The molecule has 1 fully saturated rings. The largest absolute Gasteiger partial charge is 0.463 e. The van der Waals surface area contributed by atoms with Crippen LogP contribution in [0, 0.1) is 0 Å². The van der Waals surface area contributed by atoms with Gasteiger partial charge < -0.3 is 24.7 Å². The standard InChI is InChI=1S/C17H21N5O8/c1-7(23)27-5-10-12(28-8(2)24)13(29-9(3)25)16(30-10)22-6-19-11-14(18)20-17(26)21(4)15(11)22/h6,10,12-13,16H,5H2,1-4H3,(H2,18,20,26)/t10-,12-,13-,16-/m1/s1. The SMILES string of the molecule is CC(=O)OC[C@H]1O[C@@H](n2cnc3c(N)nc(=O)n(C)c32)[C@H](OC(C)=O)[C@@H]1OC(C)=O. The van der Waals surface area contributed by atoms with Gasteiger partial charge >= 0.3 is 23.6 Å². The maximum atomic E-state index is 12.1. The fraction of sp³-hybridized carbons (Fsp3) is 0.529. The molecule has 0 aliphatic carbocycles. The monoisotopic (exact) mass is 423 g/mol. The molecule has 2 aromatic heterocycles. The molecule has 13 nitrogen and oxygen atoms in total. The van der Waals surface area contributed by atoms with E-state index in [2.05, 4.69) is 9.97 Å². The van der Waals surface area contributed by atoms with Crippen LogP contribution in [-0.4, -0.2) is 61.9 Å². The summed E-state index contributed by atoms with van der Waals surface area (Å²) >= 11 is 0. The number of aromatic nitrogens is 4. The molecule has 0 aromatic carbocycles. The zero-order valence-electron chi connectivity index (χ0n) is 16.7. The highest BCUT2D eigenvalue weighted by atomic mass is 16.7. The Morgan fingerprint density at radius 2 is 1.77 bits per heavy atom. The van der Waals surface area contributed by atoms with Gasteiger partial charge in [0.2, 0.25) is 0 Å². The van der Waals surface area contributed by atoms with Crippen molar-refractivity contribution in [2.24, 2.45) is 7.05 Å². The lowest BCUT2D eigenvalue weighted by atomic mass is 10.1. The Hall–Kier alpha value is -3.48. The lowest BCUT2D eigenvalue weighted by molar-refractivity contribution is -0.166. The first-order chi connectivity index (χ1) is 14.1. The Morgan fingerprint density at radius 1 is 1.13 bits per heavy atom. The number of imidazole rings is 1. The molecule has 4 atom stereocenters. The normalized spacial score (nSPS) is 23.3. The molecule has 0 unspecified atom stereocenters. The van der Waals surface area contributed by atoms with Crippen LogP contribution in [0.4, 0.5) is 5.82 Å². The zero-order chi connectivity index (χ0) is 22.2. The number of nitrogens with two attached hydrogens (primary N) is 1. The van der Waals surface area contributed by atoms with Gasteiger partial charge in [-0.3, -0.25) is 23.5 Å². The molecule has 3 rings (SSSR count). The van der Waals surface area contributed by atoms with Crippen LogP contribution in [0.3, 0.4) is 0 Å². The van der Waals surface area contributed by atoms with Crippen LogP contribution in [0.5, 0.6) is 0 Å². The van der Waals surface area contributed by atoms with Gasteiger partial charge in [-0.25, -0.2) is 9.78 Å². The number of nitrogen functional groups attached to an aromatic ring is 1. The van der Waals surface area contributed by atoms with Crippen LogP contribution in [-0.2, 0) is 40.4 Å². The van der Waals surface area contributed by atoms with E-state index in [1.165, 1.54) is 43.3 Å². The average molecular weight is 423 g/mol. The molecule has 0 bridgehead atoms. The van der Waals surface area contributed by atoms with Crippen LogP contribution >= 0.6 is 0 Å². The number of esters is 3. The number of fused-ring (bicyclic) bond motifs is 1. The molecular weight excluding hydrogens is 402 g/mol. The van der Waals surface area contributed by atoms with Crippen molar-refractivity contribution in [2.45, 2.75) is 45.3 Å². The second kappa shape index (κ2) is 8.10. The maximum Gasteiger partial charge on any atom is 0.350 e. The average Bonchev–Trinajstić information content (AvgIpc) is 3.20. The summed E-state index contributed by atoms with van der Waals surface area (Å²) in [7, 11) is 1.46. The Morgan fingerprint density at radius 3 is 2.37 bits per heavy atom. The fourth-order valence-corrected chi connectivity index (χ4v) is 3.29. The van der Waals surface area contributed by atoms with E-state index in [0.717, 1.165) is 0 Å². The van der Waals surface area contributed by atoms with E-state index in [1.54, 1.807) is 0 Å². The van der Waals surface area contributed by atoms with Crippen molar-refractivity contribution >= 4 is 34.9 Å². The van der Waals surface area contributed by atoms with Crippen molar-refractivity contribution < 1.29 is 33.3 Å². The van der Waals surface area contributed by atoms with Crippen molar-refractivity contribution in [1.29, 1.82) is 0 Å². The molecule has 1 aliphatic rings. The minimum Gasteiger partial charge on any atom is -0.463 e. The molecule has 2 aromatic rings. The minimum absolute atomic E-state index is 0.0816. The van der Waals surface area contributed by atoms with Gasteiger partial charge in [-0.1, -0.05) is 0 Å². The van der Waals surface area contributed by atoms with Crippen molar-refractivity contribution in [2.75, 3.05) is 12.3 Å². The van der Waals surface area contributed by atoms with E-state index >= 15 is 0 Å². The second-order valence-electron chi connectivity index (χ2n) is 6.68. The zero-order valence-corrected chi connectivity index (χ0v) is 16.7. The third kappa shape index (κ3) is 3.96.